The molecule has 1 fully saturated rings. The first kappa shape index (κ1) is 15.0. The van der Waals surface area contributed by atoms with Gasteiger partial charge in [-0.2, -0.15) is 8.78 Å². The first-order valence-electron chi connectivity index (χ1n) is 7.87. The summed E-state index contributed by atoms with van der Waals surface area (Å²) >= 11 is 0. The van der Waals surface area contributed by atoms with Crippen molar-refractivity contribution in [2.45, 2.75) is 44.6 Å². The van der Waals surface area contributed by atoms with Crippen molar-refractivity contribution in [2.75, 3.05) is 0 Å². The molecule has 1 saturated carbocycles. The lowest BCUT2D eigenvalue weighted by Gasteiger charge is -2.23. The average Bonchev–Trinajstić information content (AvgIpc) is 2.55. The van der Waals surface area contributed by atoms with Crippen LogP contribution < -0.4 is 4.74 Å². The molecule has 0 heterocycles. The molecule has 0 amide bonds. The van der Waals surface area contributed by atoms with Gasteiger partial charge in [0.1, 0.15) is 5.75 Å². The minimum Gasteiger partial charge on any atom is -0.435 e. The Bertz CT molecular complexity index is 604. The molecule has 2 aromatic rings. The fourth-order valence-corrected chi connectivity index (χ4v) is 3.26. The van der Waals surface area contributed by atoms with Crippen LogP contribution in [0.15, 0.2) is 48.5 Å². The number of ether oxygens (including phenoxy) is 1. The van der Waals surface area contributed by atoms with Gasteiger partial charge in [-0.25, -0.2) is 0 Å². The van der Waals surface area contributed by atoms with Crippen molar-refractivity contribution in [1.82, 2.24) is 0 Å². The van der Waals surface area contributed by atoms with Crippen LogP contribution in [0.3, 0.4) is 0 Å². The standard InChI is InChI=1S/C19H20F2O/c20-19(21)22-18-12-16(14-7-3-1-4-8-14)11-17(13-18)15-9-5-2-6-10-15/h1,3-4,7-8,11-13,15,19H,2,5-6,9-10H2. The molecule has 0 spiro atoms. The van der Waals surface area contributed by atoms with E-state index in [9.17, 15) is 8.78 Å². The molecule has 116 valence electrons. The molecule has 0 radical (unpaired) electrons. The zero-order chi connectivity index (χ0) is 15.4. The van der Waals surface area contributed by atoms with E-state index in [1.54, 1.807) is 12.1 Å². The van der Waals surface area contributed by atoms with Gasteiger partial charge >= 0.3 is 6.61 Å². The zero-order valence-electron chi connectivity index (χ0n) is 12.5. The summed E-state index contributed by atoms with van der Waals surface area (Å²) in [6.07, 6.45) is 5.96. The van der Waals surface area contributed by atoms with Gasteiger partial charge in [0.05, 0.1) is 0 Å². The van der Waals surface area contributed by atoms with E-state index in [1.807, 2.05) is 30.3 Å². The molecule has 0 atom stereocenters. The van der Waals surface area contributed by atoms with Crippen molar-refractivity contribution in [2.24, 2.45) is 0 Å². The third kappa shape index (κ3) is 3.65. The molecule has 3 heteroatoms. The quantitative estimate of drug-likeness (QED) is 0.672. The Morgan fingerprint density at radius 2 is 1.59 bits per heavy atom. The van der Waals surface area contributed by atoms with Crippen LogP contribution in [0.2, 0.25) is 0 Å². The van der Waals surface area contributed by atoms with E-state index in [0.29, 0.717) is 5.92 Å². The normalized spacial score (nSPS) is 16.0. The van der Waals surface area contributed by atoms with Crippen molar-refractivity contribution in [3.05, 3.63) is 54.1 Å². The van der Waals surface area contributed by atoms with E-state index in [4.69, 9.17) is 0 Å². The summed E-state index contributed by atoms with van der Waals surface area (Å²) in [6.45, 7) is -2.79. The van der Waals surface area contributed by atoms with E-state index in [0.717, 1.165) is 29.5 Å². The molecular formula is C19H20F2O. The predicted molar refractivity (Wildman–Crippen MR) is 84.3 cm³/mol. The third-order valence-corrected chi connectivity index (χ3v) is 4.34. The van der Waals surface area contributed by atoms with Crippen LogP contribution in [0.1, 0.15) is 43.6 Å². The van der Waals surface area contributed by atoms with Crippen molar-refractivity contribution in [3.63, 3.8) is 0 Å². The molecule has 0 aliphatic heterocycles. The summed E-state index contributed by atoms with van der Waals surface area (Å²) in [7, 11) is 0. The van der Waals surface area contributed by atoms with E-state index in [2.05, 4.69) is 10.8 Å². The molecule has 1 aliphatic carbocycles. The van der Waals surface area contributed by atoms with Crippen molar-refractivity contribution >= 4 is 0 Å². The highest BCUT2D eigenvalue weighted by molar-refractivity contribution is 5.66. The number of alkyl halides is 2. The molecule has 0 N–H and O–H groups in total. The van der Waals surface area contributed by atoms with Gasteiger partial charge in [0.2, 0.25) is 0 Å². The van der Waals surface area contributed by atoms with E-state index < -0.39 is 6.61 Å². The van der Waals surface area contributed by atoms with E-state index >= 15 is 0 Å². The molecule has 1 nitrogen and oxygen atoms in total. The Morgan fingerprint density at radius 3 is 2.27 bits per heavy atom. The lowest BCUT2D eigenvalue weighted by atomic mass is 9.83. The van der Waals surface area contributed by atoms with Crippen LogP contribution in [-0.4, -0.2) is 6.61 Å². The zero-order valence-corrected chi connectivity index (χ0v) is 12.5. The van der Waals surface area contributed by atoms with Crippen molar-refractivity contribution in [1.29, 1.82) is 0 Å². The lowest BCUT2D eigenvalue weighted by Crippen LogP contribution is -2.07. The molecule has 3 rings (SSSR count). The molecule has 0 bridgehead atoms. The topological polar surface area (TPSA) is 9.23 Å². The maximum atomic E-state index is 12.6. The van der Waals surface area contributed by atoms with Crippen LogP contribution in [0.4, 0.5) is 8.78 Å². The molecule has 0 aromatic heterocycles. The number of hydrogen-bond acceptors (Lipinski definition) is 1. The van der Waals surface area contributed by atoms with Gasteiger partial charge in [-0.1, -0.05) is 55.7 Å². The molecule has 0 unspecified atom stereocenters. The minimum absolute atomic E-state index is 0.261. The molecule has 0 saturated heterocycles. The second-order valence-corrected chi connectivity index (χ2v) is 5.87. The fourth-order valence-electron chi connectivity index (χ4n) is 3.26. The second kappa shape index (κ2) is 6.91. The summed E-state index contributed by atoms with van der Waals surface area (Å²) in [5.41, 5.74) is 3.09. The average molecular weight is 302 g/mol. The Balaban J connectivity index is 1.97. The molecular weight excluding hydrogens is 282 g/mol. The van der Waals surface area contributed by atoms with Crippen LogP contribution in [-0.2, 0) is 0 Å². The van der Waals surface area contributed by atoms with Gasteiger partial charge in [-0.05, 0) is 47.6 Å². The fraction of sp³-hybridized carbons (Fsp3) is 0.368. The number of benzene rings is 2. The summed E-state index contributed by atoms with van der Waals surface area (Å²) in [6, 6.07) is 15.5. The lowest BCUT2D eigenvalue weighted by molar-refractivity contribution is -0.0498. The summed E-state index contributed by atoms with van der Waals surface area (Å²) in [5.74, 6) is 0.717. The Morgan fingerprint density at radius 1 is 0.864 bits per heavy atom. The maximum absolute atomic E-state index is 12.6. The number of rotatable bonds is 4. The Hall–Kier alpha value is -1.90. The number of halogens is 2. The molecule has 1 aliphatic rings. The van der Waals surface area contributed by atoms with Gasteiger partial charge in [0, 0.05) is 0 Å². The van der Waals surface area contributed by atoms with Gasteiger partial charge in [0.15, 0.2) is 0 Å². The van der Waals surface area contributed by atoms with E-state index in [-0.39, 0.29) is 5.75 Å². The highest BCUT2D eigenvalue weighted by Crippen LogP contribution is 2.37. The maximum Gasteiger partial charge on any atom is 0.387 e. The van der Waals surface area contributed by atoms with Crippen molar-refractivity contribution < 1.29 is 13.5 Å². The van der Waals surface area contributed by atoms with Crippen LogP contribution >= 0.6 is 0 Å². The van der Waals surface area contributed by atoms with Crippen molar-refractivity contribution in [3.8, 4) is 16.9 Å². The van der Waals surface area contributed by atoms with Gasteiger partial charge in [-0.15, -0.1) is 0 Å². The van der Waals surface area contributed by atoms with Gasteiger partial charge in [-0.3, -0.25) is 0 Å². The first-order valence-corrected chi connectivity index (χ1v) is 7.87. The first-order chi connectivity index (χ1) is 10.7. The summed E-state index contributed by atoms with van der Waals surface area (Å²) in [5, 5.41) is 0. The molecule has 2 aromatic carbocycles. The highest BCUT2D eigenvalue weighted by Gasteiger charge is 2.18. The predicted octanol–water partition coefficient (Wildman–Crippen LogP) is 6.00. The van der Waals surface area contributed by atoms with Crippen LogP contribution in [0, 0.1) is 0 Å². The monoisotopic (exact) mass is 302 g/mol. The minimum atomic E-state index is -2.79. The number of hydrogen-bond donors (Lipinski definition) is 0. The SMILES string of the molecule is FC(F)Oc1cc(-c2ccccc2)cc(C2CCCCC2)c1. The largest absolute Gasteiger partial charge is 0.435 e. The van der Waals surface area contributed by atoms with E-state index in [1.165, 1.54) is 19.3 Å². The smallest absolute Gasteiger partial charge is 0.387 e. The molecule has 22 heavy (non-hydrogen) atoms. The second-order valence-electron chi connectivity index (χ2n) is 5.87. The van der Waals surface area contributed by atoms with Crippen LogP contribution in [0.25, 0.3) is 11.1 Å². The Labute approximate surface area is 129 Å². The van der Waals surface area contributed by atoms with Gasteiger partial charge in [0.25, 0.3) is 0 Å². The summed E-state index contributed by atoms with van der Waals surface area (Å²) in [4.78, 5) is 0. The summed E-state index contributed by atoms with van der Waals surface area (Å²) < 4.78 is 29.9. The Kier molecular flexibility index (Phi) is 4.71. The van der Waals surface area contributed by atoms with Crippen LogP contribution in [0.5, 0.6) is 5.75 Å². The van der Waals surface area contributed by atoms with Gasteiger partial charge < -0.3 is 4.74 Å². The highest BCUT2D eigenvalue weighted by atomic mass is 19.3. The third-order valence-electron chi connectivity index (χ3n) is 4.34.